The zero-order valence-electron chi connectivity index (χ0n) is 11.3. The van der Waals surface area contributed by atoms with Crippen LogP contribution < -0.4 is 0 Å². The van der Waals surface area contributed by atoms with Crippen molar-refractivity contribution in [1.82, 2.24) is 0 Å². The van der Waals surface area contributed by atoms with Gasteiger partial charge in [-0.15, -0.1) is 0 Å². The molecule has 1 aliphatic carbocycles. The number of hydrogen-bond donors (Lipinski definition) is 1. The molecule has 0 unspecified atom stereocenters. The summed E-state index contributed by atoms with van der Waals surface area (Å²) in [6.45, 7) is 5.65. The minimum Gasteiger partial charge on any atom is -0.465 e. The number of rotatable bonds is 4. The maximum absolute atomic E-state index is 11.9. The van der Waals surface area contributed by atoms with Gasteiger partial charge in [0.15, 0.2) is 0 Å². The van der Waals surface area contributed by atoms with Gasteiger partial charge in [0.05, 0.1) is 23.7 Å². The maximum atomic E-state index is 11.9. The Labute approximate surface area is 103 Å². The molecule has 0 bridgehead atoms. The molecule has 17 heavy (non-hydrogen) atoms. The Kier molecular flexibility index (Phi) is 4.55. The van der Waals surface area contributed by atoms with Crippen molar-refractivity contribution in [2.24, 2.45) is 5.41 Å². The first-order valence-electron chi connectivity index (χ1n) is 6.30. The molecule has 0 saturated heterocycles. The third kappa shape index (κ3) is 2.80. The van der Waals surface area contributed by atoms with Gasteiger partial charge < -0.3 is 14.6 Å². The highest BCUT2D eigenvalue weighted by molar-refractivity contribution is 5.77. The standard InChI is InChI=1S/C13H24O4/c1-5-17-11(14)12(2,3)13(15)8-6-10(16-4)7-9-13/h10,15H,5-9H2,1-4H3. The van der Waals surface area contributed by atoms with E-state index < -0.39 is 11.0 Å². The number of hydrogen-bond acceptors (Lipinski definition) is 4. The number of aliphatic hydroxyl groups is 1. The van der Waals surface area contributed by atoms with Crippen molar-refractivity contribution in [3.05, 3.63) is 0 Å². The van der Waals surface area contributed by atoms with Crippen LogP contribution in [0.4, 0.5) is 0 Å². The fourth-order valence-electron chi connectivity index (χ4n) is 2.43. The Morgan fingerprint density at radius 3 is 2.35 bits per heavy atom. The largest absolute Gasteiger partial charge is 0.465 e. The van der Waals surface area contributed by atoms with Crippen LogP contribution in [-0.2, 0) is 14.3 Å². The van der Waals surface area contributed by atoms with Gasteiger partial charge in [0.2, 0.25) is 0 Å². The van der Waals surface area contributed by atoms with Crippen LogP contribution in [0, 0.1) is 5.41 Å². The van der Waals surface area contributed by atoms with E-state index in [0.717, 1.165) is 12.8 Å². The molecular weight excluding hydrogens is 220 g/mol. The molecule has 0 atom stereocenters. The molecule has 0 heterocycles. The lowest BCUT2D eigenvalue weighted by atomic mass is 9.66. The smallest absolute Gasteiger partial charge is 0.314 e. The SMILES string of the molecule is CCOC(=O)C(C)(C)C1(O)CCC(OC)CC1. The fraction of sp³-hybridized carbons (Fsp3) is 0.923. The Balaban J connectivity index is 2.73. The van der Waals surface area contributed by atoms with E-state index in [-0.39, 0.29) is 12.1 Å². The molecule has 1 fully saturated rings. The van der Waals surface area contributed by atoms with Crippen LogP contribution in [-0.4, -0.2) is 36.5 Å². The average Bonchev–Trinajstić information content (AvgIpc) is 2.30. The van der Waals surface area contributed by atoms with Crippen LogP contribution in [0.25, 0.3) is 0 Å². The Bertz CT molecular complexity index is 265. The van der Waals surface area contributed by atoms with Crippen molar-refractivity contribution >= 4 is 5.97 Å². The van der Waals surface area contributed by atoms with E-state index in [0.29, 0.717) is 19.4 Å². The summed E-state index contributed by atoms with van der Waals surface area (Å²) in [6, 6.07) is 0. The molecule has 0 aromatic heterocycles. The summed E-state index contributed by atoms with van der Waals surface area (Å²) in [7, 11) is 1.69. The number of methoxy groups -OCH3 is 1. The fourth-order valence-corrected chi connectivity index (χ4v) is 2.43. The molecule has 4 nitrogen and oxygen atoms in total. The normalized spacial score (nSPS) is 30.1. The molecule has 0 aliphatic heterocycles. The first-order valence-corrected chi connectivity index (χ1v) is 6.30. The quantitative estimate of drug-likeness (QED) is 0.767. The van der Waals surface area contributed by atoms with Gasteiger partial charge in [0, 0.05) is 7.11 Å². The van der Waals surface area contributed by atoms with Gasteiger partial charge >= 0.3 is 5.97 Å². The molecule has 100 valence electrons. The van der Waals surface area contributed by atoms with Gasteiger partial charge in [-0.25, -0.2) is 0 Å². The first kappa shape index (κ1) is 14.5. The van der Waals surface area contributed by atoms with E-state index in [1.54, 1.807) is 27.9 Å². The lowest BCUT2D eigenvalue weighted by Crippen LogP contribution is -2.52. The average molecular weight is 244 g/mol. The zero-order valence-corrected chi connectivity index (χ0v) is 11.3. The summed E-state index contributed by atoms with van der Waals surface area (Å²) in [4.78, 5) is 11.9. The predicted octanol–water partition coefficient (Wildman–Crippen LogP) is 1.90. The van der Waals surface area contributed by atoms with E-state index in [9.17, 15) is 9.90 Å². The summed E-state index contributed by atoms with van der Waals surface area (Å²) in [5, 5.41) is 10.7. The van der Waals surface area contributed by atoms with Crippen molar-refractivity contribution in [3.8, 4) is 0 Å². The number of esters is 1. The molecule has 1 saturated carbocycles. The highest BCUT2D eigenvalue weighted by Crippen LogP contribution is 2.43. The van der Waals surface area contributed by atoms with Gasteiger partial charge in [0.1, 0.15) is 0 Å². The third-order valence-electron chi connectivity index (χ3n) is 4.04. The number of carbonyl (C=O) groups is 1. The Hall–Kier alpha value is -0.610. The van der Waals surface area contributed by atoms with Crippen LogP contribution in [0.5, 0.6) is 0 Å². The van der Waals surface area contributed by atoms with E-state index in [1.165, 1.54) is 0 Å². The lowest BCUT2D eigenvalue weighted by molar-refractivity contribution is -0.178. The van der Waals surface area contributed by atoms with E-state index in [4.69, 9.17) is 9.47 Å². The van der Waals surface area contributed by atoms with Gasteiger partial charge in [-0.05, 0) is 46.5 Å². The van der Waals surface area contributed by atoms with Gasteiger partial charge in [-0.1, -0.05) is 0 Å². The van der Waals surface area contributed by atoms with Crippen LogP contribution in [0.1, 0.15) is 46.5 Å². The topological polar surface area (TPSA) is 55.8 Å². The third-order valence-corrected chi connectivity index (χ3v) is 4.04. The summed E-state index contributed by atoms with van der Waals surface area (Å²) in [6.07, 6.45) is 2.94. The summed E-state index contributed by atoms with van der Waals surface area (Å²) < 4.78 is 10.3. The molecular formula is C13H24O4. The molecule has 1 rings (SSSR count). The van der Waals surface area contributed by atoms with Crippen molar-refractivity contribution in [2.75, 3.05) is 13.7 Å². The second-order valence-electron chi connectivity index (χ2n) is 5.31. The van der Waals surface area contributed by atoms with E-state index in [1.807, 2.05) is 0 Å². The van der Waals surface area contributed by atoms with Crippen molar-refractivity contribution in [3.63, 3.8) is 0 Å². The molecule has 0 aromatic rings. The predicted molar refractivity (Wildman–Crippen MR) is 64.6 cm³/mol. The van der Waals surface area contributed by atoms with Crippen LogP contribution in [0.3, 0.4) is 0 Å². The molecule has 1 N–H and O–H groups in total. The van der Waals surface area contributed by atoms with Crippen molar-refractivity contribution < 1.29 is 19.4 Å². The van der Waals surface area contributed by atoms with Gasteiger partial charge in [-0.3, -0.25) is 4.79 Å². The summed E-state index contributed by atoms with van der Waals surface area (Å²) >= 11 is 0. The number of carbonyl (C=O) groups excluding carboxylic acids is 1. The Morgan fingerprint density at radius 1 is 1.41 bits per heavy atom. The van der Waals surface area contributed by atoms with E-state index in [2.05, 4.69) is 0 Å². The summed E-state index contributed by atoms with van der Waals surface area (Å²) in [5.74, 6) is -0.321. The van der Waals surface area contributed by atoms with E-state index >= 15 is 0 Å². The molecule has 4 heteroatoms. The van der Waals surface area contributed by atoms with Gasteiger partial charge in [-0.2, -0.15) is 0 Å². The highest BCUT2D eigenvalue weighted by atomic mass is 16.5. The lowest BCUT2D eigenvalue weighted by Gasteiger charge is -2.44. The van der Waals surface area contributed by atoms with Crippen molar-refractivity contribution in [2.45, 2.75) is 58.2 Å². The monoisotopic (exact) mass is 244 g/mol. The molecule has 0 amide bonds. The van der Waals surface area contributed by atoms with Gasteiger partial charge in [0.25, 0.3) is 0 Å². The molecule has 0 spiro atoms. The molecule has 0 radical (unpaired) electrons. The molecule has 0 aromatic carbocycles. The van der Waals surface area contributed by atoms with Crippen LogP contribution in [0.15, 0.2) is 0 Å². The second-order valence-corrected chi connectivity index (χ2v) is 5.31. The minimum atomic E-state index is -0.978. The summed E-state index contributed by atoms with van der Waals surface area (Å²) in [5.41, 5.74) is -1.84. The minimum absolute atomic E-state index is 0.202. The maximum Gasteiger partial charge on any atom is 0.314 e. The highest BCUT2D eigenvalue weighted by Gasteiger charge is 2.51. The first-order chi connectivity index (χ1) is 7.87. The molecule has 1 aliphatic rings. The second kappa shape index (κ2) is 5.36. The zero-order chi connectivity index (χ0) is 13.1. The van der Waals surface area contributed by atoms with Crippen molar-refractivity contribution in [1.29, 1.82) is 0 Å². The Morgan fingerprint density at radius 2 is 1.94 bits per heavy atom. The van der Waals surface area contributed by atoms with Crippen LogP contribution >= 0.6 is 0 Å². The van der Waals surface area contributed by atoms with Crippen LogP contribution in [0.2, 0.25) is 0 Å². The number of ether oxygens (including phenoxy) is 2.